The topological polar surface area (TPSA) is 64.0 Å². The molecule has 25 heavy (non-hydrogen) atoms. The Kier molecular flexibility index (Phi) is 7.05. The molecule has 0 aliphatic carbocycles. The quantitative estimate of drug-likeness (QED) is 0.574. The Labute approximate surface area is 153 Å². The predicted octanol–water partition coefficient (Wildman–Crippen LogP) is 3.76. The van der Waals surface area contributed by atoms with E-state index in [0.29, 0.717) is 16.1 Å². The molecule has 0 radical (unpaired) electrons. The van der Waals surface area contributed by atoms with Gasteiger partial charge in [0.1, 0.15) is 0 Å². The molecule has 1 heterocycles. The van der Waals surface area contributed by atoms with Crippen molar-refractivity contribution in [1.82, 2.24) is 14.9 Å². The standard InChI is InChI=1S/C19H27N3O2S/c1-5-9-13(3)20-17(23)12-25-19-21-16-11-8-7-10-15(16)18(24)22(19)14(4)6-2/h7-8,10-11,13-14H,5-6,9,12H2,1-4H3,(H,20,23)/t13-,14+/m1/s1. The SMILES string of the molecule is CCC[C@@H](C)NC(=O)CSc1nc2ccccc2c(=O)n1[C@@H](C)CC. The van der Waals surface area contributed by atoms with Crippen molar-refractivity contribution in [2.75, 3.05) is 5.75 Å². The van der Waals surface area contributed by atoms with E-state index in [4.69, 9.17) is 0 Å². The third-order valence-corrected chi connectivity index (χ3v) is 5.22. The Morgan fingerprint density at radius 2 is 2.00 bits per heavy atom. The zero-order chi connectivity index (χ0) is 18.4. The Balaban J connectivity index is 2.27. The Morgan fingerprint density at radius 3 is 2.68 bits per heavy atom. The highest BCUT2D eigenvalue weighted by atomic mass is 32.2. The summed E-state index contributed by atoms with van der Waals surface area (Å²) in [5, 5.41) is 4.22. The molecule has 6 heteroatoms. The lowest BCUT2D eigenvalue weighted by Crippen LogP contribution is -2.34. The van der Waals surface area contributed by atoms with Crippen molar-refractivity contribution in [3.63, 3.8) is 0 Å². The molecular formula is C19H27N3O2S. The molecule has 5 nitrogen and oxygen atoms in total. The molecule has 0 aliphatic heterocycles. The maximum atomic E-state index is 12.9. The van der Waals surface area contributed by atoms with Crippen molar-refractivity contribution < 1.29 is 4.79 Å². The number of thioether (sulfide) groups is 1. The number of nitrogens with one attached hydrogen (secondary N) is 1. The monoisotopic (exact) mass is 361 g/mol. The van der Waals surface area contributed by atoms with Crippen LogP contribution in [0.4, 0.5) is 0 Å². The number of fused-ring (bicyclic) bond motifs is 1. The van der Waals surface area contributed by atoms with E-state index in [1.807, 2.05) is 39.0 Å². The molecule has 1 aromatic heterocycles. The van der Waals surface area contributed by atoms with Crippen LogP contribution in [0.25, 0.3) is 10.9 Å². The second-order valence-corrected chi connectivity index (χ2v) is 7.33. The molecule has 1 aromatic carbocycles. The Bertz CT molecular complexity index is 788. The molecule has 1 N–H and O–H groups in total. The molecular weight excluding hydrogens is 334 g/mol. The molecule has 2 atom stereocenters. The number of hydrogen-bond acceptors (Lipinski definition) is 4. The van der Waals surface area contributed by atoms with Gasteiger partial charge in [0, 0.05) is 12.1 Å². The van der Waals surface area contributed by atoms with Crippen LogP contribution < -0.4 is 10.9 Å². The van der Waals surface area contributed by atoms with Gasteiger partial charge in [0.15, 0.2) is 5.16 Å². The highest BCUT2D eigenvalue weighted by Gasteiger charge is 2.17. The molecule has 1 amide bonds. The fraction of sp³-hybridized carbons (Fsp3) is 0.526. The number of rotatable bonds is 8. The van der Waals surface area contributed by atoms with Gasteiger partial charge in [0.2, 0.25) is 5.91 Å². The molecule has 0 spiro atoms. The van der Waals surface area contributed by atoms with E-state index in [1.54, 1.807) is 10.6 Å². The van der Waals surface area contributed by atoms with Crippen LogP contribution in [-0.4, -0.2) is 27.3 Å². The first-order valence-corrected chi connectivity index (χ1v) is 9.89. The van der Waals surface area contributed by atoms with Gasteiger partial charge in [-0.1, -0.05) is 44.2 Å². The van der Waals surface area contributed by atoms with Crippen LogP contribution in [0.3, 0.4) is 0 Å². The molecule has 0 unspecified atom stereocenters. The number of amides is 1. The molecule has 0 saturated heterocycles. The van der Waals surface area contributed by atoms with Gasteiger partial charge in [-0.25, -0.2) is 4.98 Å². The molecule has 0 aliphatic rings. The molecule has 0 fully saturated rings. The van der Waals surface area contributed by atoms with Gasteiger partial charge in [-0.15, -0.1) is 0 Å². The van der Waals surface area contributed by atoms with Crippen LogP contribution in [0.15, 0.2) is 34.2 Å². The van der Waals surface area contributed by atoms with Crippen LogP contribution in [0.5, 0.6) is 0 Å². The largest absolute Gasteiger partial charge is 0.353 e. The van der Waals surface area contributed by atoms with Crippen molar-refractivity contribution in [3.8, 4) is 0 Å². The van der Waals surface area contributed by atoms with Gasteiger partial charge in [0.05, 0.1) is 16.7 Å². The van der Waals surface area contributed by atoms with Gasteiger partial charge >= 0.3 is 0 Å². The first-order valence-electron chi connectivity index (χ1n) is 8.91. The van der Waals surface area contributed by atoms with Gasteiger partial charge in [0.25, 0.3) is 5.56 Å². The van der Waals surface area contributed by atoms with E-state index in [1.165, 1.54) is 11.8 Å². The van der Waals surface area contributed by atoms with Crippen LogP contribution in [-0.2, 0) is 4.79 Å². The van der Waals surface area contributed by atoms with Crippen molar-refractivity contribution in [2.45, 2.75) is 64.2 Å². The predicted molar refractivity (Wildman–Crippen MR) is 104 cm³/mol. The second-order valence-electron chi connectivity index (χ2n) is 6.39. The summed E-state index contributed by atoms with van der Waals surface area (Å²) in [6.07, 6.45) is 2.82. The average molecular weight is 362 g/mol. The maximum absolute atomic E-state index is 12.9. The number of benzene rings is 1. The molecule has 2 aromatic rings. The smallest absolute Gasteiger partial charge is 0.262 e. The van der Waals surface area contributed by atoms with Crippen molar-refractivity contribution >= 4 is 28.6 Å². The van der Waals surface area contributed by atoms with E-state index < -0.39 is 0 Å². The minimum absolute atomic E-state index is 0.0240. The van der Waals surface area contributed by atoms with Gasteiger partial charge < -0.3 is 5.32 Å². The van der Waals surface area contributed by atoms with Crippen LogP contribution >= 0.6 is 11.8 Å². The minimum atomic E-state index is -0.0396. The summed E-state index contributed by atoms with van der Waals surface area (Å²) < 4.78 is 1.72. The first kappa shape index (κ1) is 19.5. The van der Waals surface area contributed by atoms with Crippen LogP contribution in [0.1, 0.15) is 53.0 Å². The summed E-state index contributed by atoms with van der Waals surface area (Å²) in [5.41, 5.74) is 0.636. The second kappa shape index (κ2) is 9.04. The number of nitrogens with zero attached hydrogens (tertiary/aromatic N) is 2. The summed E-state index contributed by atoms with van der Waals surface area (Å²) in [4.78, 5) is 29.7. The van der Waals surface area contributed by atoms with Gasteiger partial charge in [-0.05, 0) is 38.8 Å². The van der Waals surface area contributed by atoms with E-state index in [2.05, 4.69) is 17.2 Å². The lowest BCUT2D eigenvalue weighted by Gasteiger charge is -2.18. The molecule has 0 bridgehead atoms. The molecule has 0 saturated carbocycles. The average Bonchev–Trinajstić information content (AvgIpc) is 2.59. The number of para-hydroxylation sites is 1. The number of carbonyl (C=O) groups excluding carboxylic acids is 1. The minimum Gasteiger partial charge on any atom is -0.353 e. The van der Waals surface area contributed by atoms with E-state index in [0.717, 1.165) is 19.3 Å². The lowest BCUT2D eigenvalue weighted by molar-refractivity contribution is -0.119. The van der Waals surface area contributed by atoms with E-state index in [9.17, 15) is 9.59 Å². The maximum Gasteiger partial charge on any atom is 0.262 e. The zero-order valence-electron chi connectivity index (χ0n) is 15.4. The van der Waals surface area contributed by atoms with Gasteiger partial charge in [-0.2, -0.15) is 0 Å². The fourth-order valence-corrected chi connectivity index (χ4v) is 3.66. The summed E-state index contributed by atoms with van der Waals surface area (Å²) in [7, 11) is 0. The summed E-state index contributed by atoms with van der Waals surface area (Å²) >= 11 is 1.33. The van der Waals surface area contributed by atoms with Crippen LogP contribution in [0.2, 0.25) is 0 Å². The fourth-order valence-electron chi connectivity index (χ4n) is 2.75. The third kappa shape index (κ3) is 4.84. The first-order chi connectivity index (χ1) is 12.0. The Hall–Kier alpha value is -1.82. The normalized spacial score (nSPS) is 13.6. The number of hydrogen-bond donors (Lipinski definition) is 1. The van der Waals surface area contributed by atoms with Gasteiger partial charge in [-0.3, -0.25) is 14.2 Å². The summed E-state index contributed by atoms with van der Waals surface area (Å²) in [6, 6.07) is 7.56. The summed E-state index contributed by atoms with van der Waals surface area (Å²) in [5.74, 6) is 0.235. The van der Waals surface area contributed by atoms with Crippen molar-refractivity contribution in [3.05, 3.63) is 34.6 Å². The van der Waals surface area contributed by atoms with Crippen LogP contribution in [0, 0.1) is 0 Å². The third-order valence-electron chi connectivity index (χ3n) is 4.27. The number of aromatic nitrogens is 2. The van der Waals surface area contributed by atoms with Crippen molar-refractivity contribution in [1.29, 1.82) is 0 Å². The van der Waals surface area contributed by atoms with E-state index in [-0.39, 0.29) is 29.3 Å². The lowest BCUT2D eigenvalue weighted by atomic mass is 10.2. The van der Waals surface area contributed by atoms with Crippen molar-refractivity contribution in [2.24, 2.45) is 0 Å². The summed E-state index contributed by atoms with van der Waals surface area (Å²) in [6.45, 7) is 8.15. The number of carbonyl (C=O) groups is 1. The molecule has 2 rings (SSSR count). The highest BCUT2D eigenvalue weighted by Crippen LogP contribution is 2.22. The zero-order valence-corrected chi connectivity index (χ0v) is 16.2. The molecule has 136 valence electrons. The Morgan fingerprint density at radius 1 is 1.28 bits per heavy atom. The highest BCUT2D eigenvalue weighted by molar-refractivity contribution is 7.99. The van der Waals surface area contributed by atoms with E-state index >= 15 is 0 Å².